The molecule has 0 saturated heterocycles. The molecule has 0 aromatic carbocycles. The summed E-state index contributed by atoms with van der Waals surface area (Å²) in [5, 5.41) is 0. The van der Waals surface area contributed by atoms with Crippen LogP contribution >= 0.6 is 14.5 Å². The van der Waals surface area contributed by atoms with Gasteiger partial charge in [0, 0.05) is 14.5 Å². The first kappa shape index (κ1) is 32.9. The molecule has 194 valence electrons. The maximum absolute atomic E-state index is 2.42. The Morgan fingerprint density at radius 2 is 0.438 bits per heavy atom. The van der Waals surface area contributed by atoms with E-state index in [0.717, 1.165) is 0 Å². The van der Waals surface area contributed by atoms with Gasteiger partial charge in [0.05, 0.1) is 49.3 Å². The van der Waals surface area contributed by atoms with Crippen molar-refractivity contribution in [1.82, 2.24) is 0 Å². The molecule has 0 aromatic heterocycles. The highest BCUT2D eigenvalue weighted by Crippen LogP contribution is 2.61. The van der Waals surface area contributed by atoms with Crippen LogP contribution < -0.4 is 0 Å². The van der Waals surface area contributed by atoms with Gasteiger partial charge in [-0.2, -0.15) is 0 Å². The summed E-state index contributed by atoms with van der Waals surface area (Å²) in [6, 6.07) is 0. The second kappa shape index (κ2) is 22.3. The van der Waals surface area contributed by atoms with Crippen molar-refractivity contribution < 1.29 is 0 Å². The lowest BCUT2D eigenvalue weighted by atomic mass is 10.1. The molecule has 0 atom stereocenters. The molecule has 0 nitrogen and oxygen atoms in total. The highest BCUT2D eigenvalue weighted by molar-refractivity contribution is 7.76. The smallest absolute Gasteiger partial charge is 0.0594 e. The van der Waals surface area contributed by atoms with Gasteiger partial charge in [0.1, 0.15) is 0 Å². The van der Waals surface area contributed by atoms with E-state index in [9.17, 15) is 0 Å². The summed E-state index contributed by atoms with van der Waals surface area (Å²) >= 11 is 0. The van der Waals surface area contributed by atoms with Gasteiger partial charge < -0.3 is 0 Å². The van der Waals surface area contributed by atoms with Crippen LogP contribution in [0.25, 0.3) is 0 Å². The lowest BCUT2D eigenvalue weighted by Gasteiger charge is -2.27. The van der Waals surface area contributed by atoms with E-state index >= 15 is 0 Å². The van der Waals surface area contributed by atoms with E-state index < -0.39 is 14.5 Å². The van der Waals surface area contributed by atoms with Crippen molar-refractivity contribution in [1.29, 1.82) is 0 Å². The van der Waals surface area contributed by atoms with Gasteiger partial charge in [-0.3, -0.25) is 0 Å². The number of rotatable bonds is 25. The van der Waals surface area contributed by atoms with Gasteiger partial charge in [0.25, 0.3) is 0 Å². The normalized spacial score (nSPS) is 12.6. The molecule has 0 aliphatic carbocycles. The topological polar surface area (TPSA) is 0 Å². The molecule has 0 bridgehead atoms. The third-order valence-corrected chi connectivity index (χ3v) is 18.6. The van der Waals surface area contributed by atoms with Crippen LogP contribution in [0.1, 0.15) is 144 Å². The van der Waals surface area contributed by atoms with Crippen LogP contribution in [-0.2, 0) is 0 Å². The summed E-state index contributed by atoms with van der Waals surface area (Å²) in [5.41, 5.74) is 0. The van der Waals surface area contributed by atoms with Gasteiger partial charge in [0.15, 0.2) is 0 Å². The molecule has 0 rings (SSSR count). The fourth-order valence-electron chi connectivity index (χ4n) is 6.50. The second-order valence-electron chi connectivity index (χ2n) is 11.0. The fraction of sp³-hybridized carbons (Fsp3) is 1.00. The molecule has 0 aromatic rings. The van der Waals surface area contributed by atoms with Crippen LogP contribution in [0.2, 0.25) is 0 Å². The molecule has 32 heavy (non-hydrogen) atoms. The van der Waals surface area contributed by atoms with Crippen molar-refractivity contribution in [2.24, 2.45) is 0 Å². The Kier molecular flexibility index (Phi) is 22.9. The van der Waals surface area contributed by atoms with Crippen molar-refractivity contribution in [3.8, 4) is 0 Å². The average Bonchev–Trinajstić information content (AvgIpc) is 2.76. The van der Waals surface area contributed by atoms with Gasteiger partial charge in [-0.1, -0.05) is 80.1 Å². The highest BCUT2D eigenvalue weighted by Gasteiger charge is 2.34. The van der Waals surface area contributed by atoms with Crippen LogP contribution in [0, 0.1) is 0 Å². The van der Waals surface area contributed by atoms with Crippen molar-refractivity contribution in [3.05, 3.63) is 0 Å². The molecule has 0 spiro atoms. The molecule has 0 amide bonds. The third-order valence-electron chi connectivity index (χ3n) is 7.70. The molecule has 2 heteroatoms. The third kappa shape index (κ3) is 15.7. The maximum Gasteiger partial charge on any atom is 0.0594 e. The summed E-state index contributed by atoms with van der Waals surface area (Å²) in [7, 11) is -1.19. The fourth-order valence-corrected chi connectivity index (χ4v) is 16.7. The van der Waals surface area contributed by atoms with Gasteiger partial charge in [0.2, 0.25) is 0 Å². The maximum atomic E-state index is 2.42. The summed E-state index contributed by atoms with van der Waals surface area (Å²) in [6.07, 6.45) is 36.3. The zero-order valence-electron chi connectivity index (χ0n) is 23.9. The Labute approximate surface area is 207 Å². The Bertz CT molecular complexity index is 309. The summed E-state index contributed by atoms with van der Waals surface area (Å²) in [5.74, 6) is 0. The molecule has 0 heterocycles. The first-order chi connectivity index (χ1) is 15.6. The quantitative estimate of drug-likeness (QED) is 0.0885. The molecule has 0 radical (unpaired) electrons. The van der Waals surface area contributed by atoms with E-state index in [1.807, 2.05) is 0 Å². The van der Waals surface area contributed by atoms with Crippen LogP contribution in [-0.4, -0.2) is 49.3 Å². The Balaban J connectivity index is 3.85. The van der Waals surface area contributed by atoms with Crippen LogP contribution in [0.4, 0.5) is 0 Å². The lowest BCUT2D eigenvalue weighted by Crippen LogP contribution is -2.11. The standard InChI is InChI=1S/C30H66P2/c1-7-23-31(24-8-2,25-9-3)29-21-19-17-15-13-14-16-18-20-22-30-32(26-10-4,27-11-5)28-12-6/h7-30H2,1-6H3/q+2. The van der Waals surface area contributed by atoms with E-state index in [0.29, 0.717) is 0 Å². The first-order valence-corrected chi connectivity index (χ1v) is 20.3. The molecule has 0 saturated carbocycles. The van der Waals surface area contributed by atoms with Crippen LogP contribution in [0.15, 0.2) is 0 Å². The van der Waals surface area contributed by atoms with Gasteiger partial charge >= 0.3 is 0 Å². The number of hydrogen-bond donors (Lipinski definition) is 0. The average molecular weight is 489 g/mol. The zero-order chi connectivity index (χ0) is 24.0. The van der Waals surface area contributed by atoms with E-state index in [1.54, 1.807) is 49.3 Å². The van der Waals surface area contributed by atoms with Crippen molar-refractivity contribution >= 4 is 14.5 Å². The predicted molar refractivity (Wildman–Crippen MR) is 161 cm³/mol. The van der Waals surface area contributed by atoms with E-state index in [4.69, 9.17) is 0 Å². The van der Waals surface area contributed by atoms with Crippen molar-refractivity contribution in [2.45, 2.75) is 144 Å². The Morgan fingerprint density at radius 3 is 0.625 bits per heavy atom. The van der Waals surface area contributed by atoms with Crippen molar-refractivity contribution in [3.63, 3.8) is 0 Å². The molecular formula is C30H66P2+2. The largest absolute Gasteiger partial charge is 0.0619 e. The van der Waals surface area contributed by atoms with Crippen LogP contribution in [0.3, 0.4) is 0 Å². The van der Waals surface area contributed by atoms with Gasteiger partial charge in [-0.15, -0.1) is 0 Å². The highest BCUT2D eigenvalue weighted by atomic mass is 31.2. The Morgan fingerprint density at radius 1 is 0.250 bits per heavy atom. The number of hydrogen-bond acceptors (Lipinski definition) is 0. The van der Waals surface area contributed by atoms with Gasteiger partial charge in [-0.25, -0.2) is 0 Å². The summed E-state index contributed by atoms with van der Waals surface area (Å²) in [4.78, 5) is 0. The first-order valence-electron chi connectivity index (χ1n) is 15.3. The molecule has 0 N–H and O–H groups in total. The summed E-state index contributed by atoms with van der Waals surface area (Å²) in [6.45, 7) is 14.5. The Hall–Kier alpha value is 0.860. The van der Waals surface area contributed by atoms with Crippen LogP contribution in [0.5, 0.6) is 0 Å². The zero-order valence-corrected chi connectivity index (χ0v) is 25.7. The minimum Gasteiger partial charge on any atom is -0.0619 e. The van der Waals surface area contributed by atoms with E-state index in [2.05, 4.69) is 41.5 Å². The minimum atomic E-state index is -0.597. The number of unbranched alkanes of at least 4 members (excludes halogenated alkanes) is 9. The minimum absolute atomic E-state index is 0.597. The second-order valence-corrected chi connectivity index (χ2v) is 20.0. The molecular weight excluding hydrogens is 422 g/mol. The lowest BCUT2D eigenvalue weighted by molar-refractivity contribution is 0.562. The SMILES string of the molecule is CCC[P+](CCC)(CCC)CCCCCCCCCCCC[P+](CCC)(CCC)CCC. The van der Waals surface area contributed by atoms with E-state index in [1.165, 1.54) is 103 Å². The molecule has 0 aliphatic rings. The van der Waals surface area contributed by atoms with Crippen molar-refractivity contribution in [2.75, 3.05) is 49.3 Å². The monoisotopic (exact) mass is 488 g/mol. The molecule has 0 aliphatic heterocycles. The van der Waals surface area contributed by atoms with Gasteiger partial charge in [-0.05, 0) is 64.2 Å². The molecule has 0 fully saturated rings. The molecule has 0 unspecified atom stereocenters. The van der Waals surface area contributed by atoms with E-state index in [-0.39, 0.29) is 0 Å². The summed E-state index contributed by atoms with van der Waals surface area (Å²) < 4.78 is 0. The predicted octanol–water partition coefficient (Wildman–Crippen LogP) is 11.4.